The fraction of sp³-hybridized carbons (Fsp3) is 0.318. The van der Waals surface area contributed by atoms with Crippen molar-refractivity contribution in [3.63, 3.8) is 0 Å². The molecule has 150 valence electrons. The van der Waals surface area contributed by atoms with Gasteiger partial charge in [0.1, 0.15) is 17.7 Å². The third-order valence-electron chi connectivity index (χ3n) is 5.01. The lowest BCUT2D eigenvalue weighted by molar-refractivity contribution is -0.137. The number of nitrogens with one attached hydrogen (secondary N) is 1. The molecule has 1 aliphatic rings. The van der Waals surface area contributed by atoms with Crippen molar-refractivity contribution in [2.75, 3.05) is 31.6 Å². The van der Waals surface area contributed by atoms with Gasteiger partial charge in [0, 0.05) is 24.9 Å². The van der Waals surface area contributed by atoms with Crippen molar-refractivity contribution in [2.45, 2.75) is 19.0 Å². The second-order valence-corrected chi connectivity index (χ2v) is 7.12. The van der Waals surface area contributed by atoms with Crippen molar-refractivity contribution >= 4 is 22.7 Å². The van der Waals surface area contributed by atoms with E-state index in [1.807, 2.05) is 54.6 Å². The van der Waals surface area contributed by atoms with Crippen LogP contribution in [0.4, 0.5) is 5.82 Å². The summed E-state index contributed by atoms with van der Waals surface area (Å²) in [5, 5.41) is 13.7. The highest BCUT2D eigenvalue weighted by atomic mass is 16.5. The molecule has 0 saturated carbocycles. The number of hydrogen-bond acceptors (Lipinski definition) is 6. The Labute approximate surface area is 169 Å². The number of fused-ring (bicyclic) bond motifs is 1. The van der Waals surface area contributed by atoms with Gasteiger partial charge in [-0.1, -0.05) is 42.5 Å². The highest BCUT2D eigenvalue weighted by Crippen LogP contribution is 2.22. The fourth-order valence-corrected chi connectivity index (χ4v) is 3.48. The van der Waals surface area contributed by atoms with Crippen LogP contribution in [0.15, 0.2) is 54.6 Å². The van der Waals surface area contributed by atoms with E-state index < -0.39 is 12.0 Å². The Hall–Kier alpha value is -3.03. The molecule has 29 heavy (non-hydrogen) atoms. The first kappa shape index (κ1) is 19.3. The Bertz CT molecular complexity index is 974. The molecule has 4 rings (SSSR count). The number of aliphatic carboxylic acids is 1. The summed E-state index contributed by atoms with van der Waals surface area (Å²) in [7, 11) is 0. The molecule has 2 aromatic carbocycles. The van der Waals surface area contributed by atoms with Gasteiger partial charge in [-0.2, -0.15) is 0 Å². The highest BCUT2D eigenvalue weighted by molar-refractivity contribution is 5.91. The number of aromatic nitrogens is 2. The molecular formula is C22H24N4O3. The van der Waals surface area contributed by atoms with E-state index in [9.17, 15) is 9.90 Å². The average Bonchev–Trinajstić information content (AvgIpc) is 2.74. The SMILES string of the molecule is O=C(O)C(Cc1ccccc1)Nc1nc(CN2CCOCC2)nc2ccccc12. The van der Waals surface area contributed by atoms with Crippen molar-refractivity contribution in [3.05, 3.63) is 66.0 Å². The molecular weight excluding hydrogens is 368 g/mol. The third kappa shape index (κ3) is 4.88. The van der Waals surface area contributed by atoms with E-state index in [2.05, 4.69) is 15.2 Å². The molecule has 1 atom stereocenters. The smallest absolute Gasteiger partial charge is 0.326 e. The predicted octanol–water partition coefficient (Wildman–Crippen LogP) is 2.57. The van der Waals surface area contributed by atoms with E-state index in [1.54, 1.807) is 0 Å². The molecule has 3 aromatic rings. The van der Waals surface area contributed by atoms with E-state index in [1.165, 1.54) is 0 Å². The van der Waals surface area contributed by atoms with Crippen LogP contribution in [-0.4, -0.2) is 58.3 Å². The van der Waals surface area contributed by atoms with Crippen LogP contribution in [0.3, 0.4) is 0 Å². The largest absolute Gasteiger partial charge is 0.480 e. The van der Waals surface area contributed by atoms with Crippen molar-refractivity contribution in [3.8, 4) is 0 Å². The van der Waals surface area contributed by atoms with Crippen LogP contribution in [0.25, 0.3) is 10.9 Å². The maximum Gasteiger partial charge on any atom is 0.326 e. The van der Waals surface area contributed by atoms with Gasteiger partial charge < -0.3 is 15.2 Å². The lowest BCUT2D eigenvalue weighted by Crippen LogP contribution is -2.36. The molecule has 1 unspecified atom stereocenters. The summed E-state index contributed by atoms with van der Waals surface area (Å²) in [6.07, 6.45) is 0.368. The van der Waals surface area contributed by atoms with Crippen molar-refractivity contribution in [1.29, 1.82) is 0 Å². The molecule has 0 amide bonds. The zero-order valence-corrected chi connectivity index (χ0v) is 16.1. The molecule has 0 bridgehead atoms. The maximum absolute atomic E-state index is 11.9. The number of ether oxygens (including phenoxy) is 1. The molecule has 1 fully saturated rings. The maximum atomic E-state index is 11.9. The monoisotopic (exact) mass is 392 g/mol. The van der Waals surface area contributed by atoms with Crippen molar-refractivity contribution in [1.82, 2.24) is 14.9 Å². The van der Waals surface area contributed by atoms with Crippen LogP contribution >= 0.6 is 0 Å². The summed E-state index contributed by atoms with van der Waals surface area (Å²) in [6, 6.07) is 16.5. The summed E-state index contributed by atoms with van der Waals surface area (Å²) < 4.78 is 5.41. The van der Waals surface area contributed by atoms with Gasteiger partial charge >= 0.3 is 5.97 Å². The Kier molecular flexibility index (Phi) is 5.97. The quantitative estimate of drug-likeness (QED) is 0.639. The number of para-hydroxylation sites is 1. The Morgan fingerprint density at radius 2 is 1.79 bits per heavy atom. The van der Waals surface area contributed by atoms with E-state index >= 15 is 0 Å². The number of rotatable bonds is 7. The number of benzene rings is 2. The van der Waals surface area contributed by atoms with Crippen molar-refractivity contribution in [2.24, 2.45) is 0 Å². The summed E-state index contributed by atoms with van der Waals surface area (Å²) in [6.45, 7) is 3.70. The van der Waals surface area contributed by atoms with E-state index in [0.717, 1.165) is 29.6 Å². The van der Waals surface area contributed by atoms with Crippen LogP contribution in [0.1, 0.15) is 11.4 Å². The fourth-order valence-electron chi connectivity index (χ4n) is 3.48. The summed E-state index contributed by atoms with van der Waals surface area (Å²) in [5.41, 5.74) is 1.76. The van der Waals surface area contributed by atoms with Gasteiger partial charge in [-0.25, -0.2) is 14.8 Å². The van der Waals surface area contributed by atoms with Crippen LogP contribution in [0.5, 0.6) is 0 Å². The minimum absolute atomic E-state index is 0.368. The number of carboxylic acid groups (broad SMARTS) is 1. The highest BCUT2D eigenvalue weighted by Gasteiger charge is 2.21. The topological polar surface area (TPSA) is 87.6 Å². The van der Waals surface area contributed by atoms with E-state index in [4.69, 9.17) is 9.72 Å². The van der Waals surface area contributed by atoms with Gasteiger partial charge in [-0.3, -0.25) is 4.90 Å². The van der Waals surface area contributed by atoms with Gasteiger partial charge in [0.05, 0.1) is 25.3 Å². The number of nitrogens with zero attached hydrogens (tertiary/aromatic N) is 3. The average molecular weight is 392 g/mol. The normalized spacial score (nSPS) is 15.9. The van der Waals surface area contributed by atoms with Gasteiger partial charge in [0.2, 0.25) is 0 Å². The van der Waals surface area contributed by atoms with Crippen LogP contribution in [0, 0.1) is 0 Å². The zero-order valence-electron chi connectivity index (χ0n) is 16.1. The first-order valence-electron chi connectivity index (χ1n) is 9.78. The molecule has 7 heteroatoms. The third-order valence-corrected chi connectivity index (χ3v) is 5.01. The molecule has 2 heterocycles. The predicted molar refractivity (Wildman–Crippen MR) is 111 cm³/mol. The molecule has 7 nitrogen and oxygen atoms in total. The summed E-state index contributed by atoms with van der Waals surface area (Å²) in [4.78, 5) is 23.5. The van der Waals surface area contributed by atoms with Gasteiger partial charge in [-0.05, 0) is 17.7 Å². The van der Waals surface area contributed by atoms with Gasteiger partial charge in [-0.15, -0.1) is 0 Å². The molecule has 1 saturated heterocycles. The van der Waals surface area contributed by atoms with Crippen LogP contribution in [-0.2, 0) is 22.5 Å². The number of anilines is 1. The van der Waals surface area contributed by atoms with E-state index in [-0.39, 0.29) is 0 Å². The van der Waals surface area contributed by atoms with Crippen LogP contribution < -0.4 is 5.32 Å². The molecule has 0 spiro atoms. The lowest BCUT2D eigenvalue weighted by Gasteiger charge is -2.26. The Morgan fingerprint density at radius 1 is 1.07 bits per heavy atom. The van der Waals surface area contributed by atoms with Crippen molar-refractivity contribution < 1.29 is 14.6 Å². The number of carbonyl (C=O) groups is 1. The first-order valence-corrected chi connectivity index (χ1v) is 9.78. The second-order valence-electron chi connectivity index (χ2n) is 7.12. The Balaban J connectivity index is 1.62. The van der Waals surface area contributed by atoms with Gasteiger partial charge in [0.25, 0.3) is 0 Å². The minimum atomic E-state index is -0.911. The first-order chi connectivity index (χ1) is 14.2. The molecule has 1 aliphatic heterocycles. The lowest BCUT2D eigenvalue weighted by atomic mass is 10.1. The molecule has 0 radical (unpaired) electrons. The van der Waals surface area contributed by atoms with E-state index in [0.29, 0.717) is 37.8 Å². The van der Waals surface area contributed by atoms with Crippen LogP contribution in [0.2, 0.25) is 0 Å². The summed E-state index contributed by atoms with van der Waals surface area (Å²) >= 11 is 0. The summed E-state index contributed by atoms with van der Waals surface area (Å²) in [5.74, 6) is 0.324. The zero-order chi connectivity index (χ0) is 20.1. The molecule has 2 N–H and O–H groups in total. The number of carboxylic acids is 1. The molecule has 0 aliphatic carbocycles. The minimum Gasteiger partial charge on any atom is -0.480 e. The standard InChI is InChI=1S/C22H24N4O3/c27-22(28)19(14-16-6-2-1-3-7-16)24-21-17-8-4-5-9-18(17)23-20(25-21)15-26-10-12-29-13-11-26/h1-9,19H,10-15H2,(H,27,28)(H,23,24,25). The number of morpholine rings is 1. The second kappa shape index (κ2) is 8.98. The van der Waals surface area contributed by atoms with Gasteiger partial charge in [0.15, 0.2) is 0 Å². The number of hydrogen-bond donors (Lipinski definition) is 2. The Morgan fingerprint density at radius 3 is 2.55 bits per heavy atom. The molecule has 1 aromatic heterocycles.